The maximum absolute atomic E-state index is 12.0. The highest BCUT2D eigenvalue weighted by molar-refractivity contribution is 9.10. The van der Waals surface area contributed by atoms with Crippen LogP contribution in [0.4, 0.5) is 5.69 Å². The standard InChI is InChI=1S/C17H13BrN2O3/c18-15-9-8-14(23-15)17(22)19-10-16(21)20-13-7-3-5-11-4-1-2-6-12(11)13/h1-9H,10H2,(H,19,22)(H,20,21). The lowest BCUT2D eigenvalue weighted by atomic mass is 10.1. The molecule has 0 bridgehead atoms. The number of rotatable bonds is 4. The molecule has 3 aromatic rings. The number of carbonyl (C=O) groups is 2. The van der Waals surface area contributed by atoms with Gasteiger partial charge in [-0.1, -0.05) is 36.4 Å². The molecule has 0 unspecified atom stereocenters. The maximum atomic E-state index is 12.0. The third-order valence-corrected chi connectivity index (χ3v) is 3.70. The molecular formula is C17H13BrN2O3. The highest BCUT2D eigenvalue weighted by Gasteiger charge is 2.12. The lowest BCUT2D eigenvalue weighted by Crippen LogP contribution is -2.32. The summed E-state index contributed by atoms with van der Waals surface area (Å²) in [6.07, 6.45) is 0. The van der Waals surface area contributed by atoms with E-state index in [1.807, 2.05) is 42.5 Å². The Morgan fingerprint density at radius 2 is 1.78 bits per heavy atom. The fourth-order valence-electron chi connectivity index (χ4n) is 2.21. The SMILES string of the molecule is O=C(CNC(=O)c1ccc(Br)o1)Nc1cccc2ccccc12. The van der Waals surface area contributed by atoms with E-state index in [0.717, 1.165) is 10.8 Å². The van der Waals surface area contributed by atoms with Crippen molar-refractivity contribution in [3.05, 3.63) is 65.0 Å². The van der Waals surface area contributed by atoms with E-state index >= 15 is 0 Å². The lowest BCUT2D eigenvalue weighted by Gasteiger charge is -2.09. The van der Waals surface area contributed by atoms with Gasteiger partial charge in [0.25, 0.3) is 5.91 Å². The first kappa shape index (κ1) is 15.3. The number of furan rings is 1. The Bertz CT molecular complexity index is 868. The smallest absolute Gasteiger partial charge is 0.287 e. The number of carbonyl (C=O) groups excluding carboxylic acids is 2. The van der Waals surface area contributed by atoms with Crippen molar-refractivity contribution in [3.63, 3.8) is 0 Å². The predicted octanol–water partition coefficient (Wildman–Crippen LogP) is 3.56. The summed E-state index contributed by atoms with van der Waals surface area (Å²) in [5.41, 5.74) is 0.711. The van der Waals surface area contributed by atoms with E-state index in [-0.39, 0.29) is 18.2 Å². The number of amides is 2. The predicted molar refractivity (Wildman–Crippen MR) is 91.3 cm³/mol. The Morgan fingerprint density at radius 1 is 1.00 bits per heavy atom. The second-order valence-electron chi connectivity index (χ2n) is 4.86. The molecule has 2 N–H and O–H groups in total. The molecule has 2 amide bonds. The van der Waals surface area contributed by atoms with Gasteiger partial charge in [0, 0.05) is 11.1 Å². The highest BCUT2D eigenvalue weighted by atomic mass is 79.9. The molecule has 6 heteroatoms. The number of nitrogens with one attached hydrogen (secondary N) is 2. The minimum Gasteiger partial charge on any atom is -0.444 e. The Kier molecular flexibility index (Phi) is 4.43. The minimum atomic E-state index is -0.441. The number of benzene rings is 2. The van der Waals surface area contributed by atoms with E-state index < -0.39 is 5.91 Å². The van der Waals surface area contributed by atoms with Crippen LogP contribution < -0.4 is 10.6 Å². The van der Waals surface area contributed by atoms with Crippen LogP contribution in [0, 0.1) is 0 Å². The number of hydrogen-bond acceptors (Lipinski definition) is 3. The van der Waals surface area contributed by atoms with Crippen LogP contribution in [0.15, 0.2) is 63.7 Å². The van der Waals surface area contributed by atoms with Crippen LogP contribution in [0.25, 0.3) is 10.8 Å². The van der Waals surface area contributed by atoms with Gasteiger partial charge >= 0.3 is 0 Å². The molecule has 1 heterocycles. The van der Waals surface area contributed by atoms with Crippen LogP contribution in [-0.2, 0) is 4.79 Å². The number of anilines is 1. The van der Waals surface area contributed by atoms with Crippen LogP contribution in [-0.4, -0.2) is 18.4 Å². The first-order valence-electron chi connectivity index (χ1n) is 6.94. The minimum absolute atomic E-state index is 0.139. The third-order valence-electron chi connectivity index (χ3n) is 3.27. The molecule has 0 saturated heterocycles. The monoisotopic (exact) mass is 372 g/mol. The summed E-state index contributed by atoms with van der Waals surface area (Å²) >= 11 is 3.12. The average molecular weight is 373 g/mol. The van der Waals surface area contributed by atoms with Crippen LogP contribution in [0.1, 0.15) is 10.6 Å². The second-order valence-corrected chi connectivity index (χ2v) is 5.64. The number of halogens is 1. The van der Waals surface area contributed by atoms with Gasteiger partial charge in [-0.3, -0.25) is 9.59 Å². The topological polar surface area (TPSA) is 71.3 Å². The zero-order valence-corrected chi connectivity index (χ0v) is 13.6. The van der Waals surface area contributed by atoms with E-state index in [4.69, 9.17) is 4.42 Å². The molecule has 0 aliphatic rings. The van der Waals surface area contributed by atoms with Crippen molar-refractivity contribution >= 4 is 44.2 Å². The molecule has 0 aliphatic heterocycles. The molecule has 0 atom stereocenters. The Labute approximate surface area is 140 Å². The van der Waals surface area contributed by atoms with Gasteiger partial charge in [-0.05, 0) is 39.5 Å². The molecule has 0 radical (unpaired) electrons. The molecule has 116 valence electrons. The molecule has 0 saturated carbocycles. The highest BCUT2D eigenvalue weighted by Crippen LogP contribution is 2.22. The lowest BCUT2D eigenvalue weighted by molar-refractivity contribution is -0.115. The fourth-order valence-corrected chi connectivity index (χ4v) is 2.52. The summed E-state index contributed by atoms with van der Waals surface area (Å²) < 4.78 is 5.59. The first-order chi connectivity index (χ1) is 11.1. The van der Waals surface area contributed by atoms with Gasteiger partial charge in [-0.15, -0.1) is 0 Å². The van der Waals surface area contributed by atoms with Crippen LogP contribution in [0.5, 0.6) is 0 Å². The fraction of sp³-hybridized carbons (Fsp3) is 0.0588. The molecule has 2 aromatic carbocycles. The summed E-state index contributed by atoms with van der Waals surface area (Å²) in [5, 5.41) is 7.30. The summed E-state index contributed by atoms with van der Waals surface area (Å²) in [6.45, 7) is -0.139. The van der Waals surface area contributed by atoms with Gasteiger partial charge in [0.15, 0.2) is 10.4 Å². The average Bonchev–Trinajstić information content (AvgIpc) is 2.99. The number of fused-ring (bicyclic) bond motifs is 1. The Morgan fingerprint density at radius 3 is 2.57 bits per heavy atom. The molecule has 5 nitrogen and oxygen atoms in total. The molecule has 3 rings (SSSR count). The van der Waals surface area contributed by atoms with Gasteiger partial charge in [-0.2, -0.15) is 0 Å². The van der Waals surface area contributed by atoms with Gasteiger partial charge in [0.2, 0.25) is 5.91 Å². The first-order valence-corrected chi connectivity index (χ1v) is 7.74. The van der Waals surface area contributed by atoms with Gasteiger partial charge < -0.3 is 15.1 Å². The van der Waals surface area contributed by atoms with Crippen LogP contribution in [0.2, 0.25) is 0 Å². The Balaban J connectivity index is 1.64. The van der Waals surface area contributed by atoms with E-state index in [0.29, 0.717) is 10.4 Å². The summed E-state index contributed by atoms with van der Waals surface area (Å²) in [5.74, 6) is -0.598. The largest absolute Gasteiger partial charge is 0.444 e. The second kappa shape index (κ2) is 6.66. The zero-order chi connectivity index (χ0) is 16.2. The molecule has 0 fully saturated rings. The quantitative estimate of drug-likeness (QED) is 0.735. The Hall–Kier alpha value is -2.60. The zero-order valence-electron chi connectivity index (χ0n) is 12.0. The van der Waals surface area contributed by atoms with Crippen molar-refractivity contribution < 1.29 is 14.0 Å². The van der Waals surface area contributed by atoms with Crippen LogP contribution >= 0.6 is 15.9 Å². The van der Waals surface area contributed by atoms with Crippen molar-refractivity contribution in [2.24, 2.45) is 0 Å². The molecule has 0 aliphatic carbocycles. The van der Waals surface area contributed by atoms with Crippen molar-refractivity contribution in [2.75, 3.05) is 11.9 Å². The molecule has 0 spiro atoms. The maximum Gasteiger partial charge on any atom is 0.287 e. The van der Waals surface area contributed by atoms with Crippen molar-refractivity contribution in [1.29, 1.82) is 0 Å². The van der Waals surface area contributed by atoms with Crippen molar-refractivity contribution in [1.82, 2.24) is 5.32 Å². The van der Waals surface area contributed by atoms with Gasteiger partial charge in [0.05, 0.1) is 6.54 Å². The summed E-state index contributed by atoms with van der Waals surface area (Å²) in [7, 11) is 0. The normalized spacial score (nSPS) is 10.5. The third kappa shape index (κ3) is 3.60. The number of hydrogen-bond donors (Lipinski definition) is 2. The van der Waals surface area contributed by atoms with E-state index in [9.17, 15) is 9.59 Å². The van der Waals surface area contributed by atoms with Gasteiger partial charge in [0.1, 0.15) is 0 Å². The van der Waals surface area contributed by atoms with E-state index in [2.05, 4.69) is 26.6 Å². The van der Waals surface area contributed by atoms with Crippen LogP contribution in [0.3, 0.4) is 0 Å². The van der Waals surface area contributed by atoms with E-state index in [1.165, 1.54) is 6.07 Å². The van der Waals surface area contributed by atoms with Crippen molar-refractivity contribution in [3.8, 4) is 0 Å². The molecule has 1 aromatic heterocycles. The van der Waals surface area contributed by atoms with Gasteiger partial charge in [-0.25, -0.2) is 0 Å². The molecule has 23 heavy (non-hydrogen) atoms. The van der Waals surface area contributed by atoms with E-state index in [1.54, 1.807) is 6.07 Å². The summed E-state index contributed by atoms with van der Waals surface area (Å²) in [6, 6.07) is 16.6. The molecular weight excluding hydrogens is 360 g/mol. The summed E-state index contributed by atoms with van der Waals surface area (Å²) in [4.78, 5) is 23.9. The van der Waals surface area contributed by atoms with Crippen molar-refractivity contribution in [2.45, 2.75) is 0 Å².